The summed E-state index contributed by atoms with van der Waals surface area (Å²) in [6.07, 6.45) is -7.55. The van der Waals surface area contributed by atoms with E-state index >= 15 is 0 Å². The largest absolute Gasteiger partial charge is 0.481 e. The van der Waals surface area contributed by atoms with Crippen LogP contribution >= 0.6 is 11.6 Å². The number of hydrogen-bond donors (Lipinski definition) is 1. The van der Waals surface area contributed by atoms with Gasteiger partial charge in [-0.15, -0.1) is 11.6 Å². The van der Waals surface area contributed by atoms with Crippen LogP contribution in [0.5, 0.6) is 0 Å². The number of alkyl halides is 7. The van der Waals surface area contributed by atoms with Gasteiger partial charge in [-0.3, -0.25) is 4.79 Å². The lowest BCUT2D eigenvalue weighted by Gasteiger charge is -2.18. The van der Waals surface area contributed by atoms with Crippen LogP contribution in [0.1, 0.15) is 41.9 Å². The monoisotopic (exact) mass is 514 g/mol. The summed E-state index contributed by atoms with van der Waals surface area (Å²) in [5.74, 6) is -1.54. The van der Waals surface area contributed by atoms with Gasteiger partial charge < -0.3 is 5.11 Å². The molecule has 35 heavy (non-hydrogen) atoms. The molecule has 0 aromatic heterocycles. The highest BCUT2D eigenvalue weighted by Gasteiger charge is 2.31. The van der Waals surface area contributed by atoms with Crippen LogP contribution in [0.15, 0.2) is 66.7 Å². The maximum absolute atomic E-state index is 13.0. The molecule has 0 bridgehead atoms. The fourth-order valence-electron chi connectivity index (χ4n) is 3.82. The molecule has 0 aliphatic heterocycles. The first kappa shape index (κ1) is 26.6. The van der Waals surface area contributed by atoms with Crippen LogP contribution in [0.4, 0.5) is 26.3 Å². The third kappa shape index (κ3) is 6.57. The number of carboxylic acids is 1. The molecule has 3 aromatic rings. The summed E-state index contributed by atoms with van der Waals surface area (Å²) in [4.78, 5) is 11.9. The molecule has 3 rings (SSSR count). The number of unbranched alkanes of at least 4 members (excludes halogenated alkanes) is 1. The summed E-state index contributed by atoms with van der Waals surface area (Å²) in [6.45, 7) is 0. The van der Waals surface area contributed by atoms with Crippen LogP contribution in [0.2, 0.25) is 0 Å². The Kier molecular flexibility index (Phi) is 8.15. The number of benzene rings is 3. The predicted octanol–water partition coefficient (Wildman–Crippen LogP) is 8.64. The van der Waals surface area contributed by atoms with Crippen LogP contribution in [0.25, 0.3) is 22.3 Å². The summed E-state index contributed by atoms with van der Waals surface area (Å²) in [6, 6.07) is 13.5. The molecular formula is C26H21ClF6O2. The SMILES string of the molecule is O=C(O)C(CCCCCl)c1ccc(-c2ccc(C(F)(F)F)cc2)c(-c2ccc(C(F)(F)F)cc2)c1. The van der Waals surface area contributed by atoms with Gasteiger partial charge >= 0.3 is 18.3 Å². The molecule has 3 aromatic carbocycles. The van der Waals surface area contributed by atoms with Gasteiger partial charge in [-0.1, -0.05) is 42.8 Å². The van der Waals surface area contributed by atoms with E-state index in [9.17, 15) is 36.2 Å². The molecule has 0 heterocycles. The lowest BCUT2D eigenvalue weighted by molar-refractivity contribution is -0.139. The molecule has 0 spiro atoms. The predicted molar refractivity (Wildman–Crippen MR) is 122 cm³/mol. The van der Waals surface area contributed by atoms with Crippen molar-refractivity contribution < 1.29 is 36.2 Å². The van der Waals surface area contributed by atoms with Gasteiger partial charge in [0.2, 0.25) is 0 Å². The van der Waals surface area contributed by atoms with E-state index in [1.807, 2.05) is 0 Å². The number of aliphatic carboxylic acids is 1. The second-order valence-electron chi connectivity index (χ2n) is 8.03. The number of rotatable bonds is 8. The fourth-order valence-corrected chi connectivity index (χ4v) is 4.01. The van der Waals surface area contributed by atoms with E-state index in [2.05, 4.69) is 0 Å². The number of carbonyl (C=O) groups is 1. The molecule has 0 aliphatic carbocycles. The first-order valence-electron chi connectivity index (χ1n) is 10.7. The molecule has 0 saturated heterocycles. The zero-order valence-corrected chi connectivity index (χ0v) is 19.0. The van der Waals surface area contributed by atoms with Gasteiger partial charge in [0, 0.05) is 5.88 Å². The van der Waals surface area contributed by atoms with Gasteiger partial charge in [0.1, 0.15) is 0 Å². The van der Waals surface area contributed by atoms with E-state index in [4.69, 9.17) is 11.6 Å². The standard InChI is InChI=1S/C26H21ClF6O2/c27-14-2-1-3-22(24(34)35)18-8-13-21(16-4-9-19(10-5-16)25(28,29)30)23(15-18)17-6-11-20(12-7-17)26(31,32)33/h4-13,15,22H,1-3,14H2,(H,34,35). The molecule has 0 aliphatic rings. The molecule has 1 unspecified atom stereocenters. The highest BCUT2D eigenvalue weighted by Crippen LogP contribution is 2.39. The molecule has 2 nitrogen and oxygen atoms in total. The van der Waals surface area contributed by atoms with E-state index in [0.29, 0.717) is 53.0 Å². The Morgan fingerprint density at radius 2 is 1.23 bits per heavy atom. The van der Waals surface area contributed by atoms with Gasteiger partial charge in [0.25, 0.3) is 0 Å². The molecule has 0 fully saturated rings. The molecule has 9 heteroatoms. The third-order valence-corrected chi connectivity index (χ3v) is 5.93. The minimum Gasteiger partial charge on any atom is -0.481 e. The lowest BCUT2D eigenvalue weighted by Crippen LogP contribution is -2.12. The van der Waals surface area contributed by atoms with Crippen LogP contribution < -0.4 is 0 Å². The molecule has 0 amide bonds. The van der Waals surface area contributed by atoms with Crippen LogP contribution in [-0.2, 0) is 17.1 Å². The van der Waals surface area contributed by atoms with Crippen molar-refractivity contribution in [3.05, 3.63) is 83.4 Å². The number of halogens is 7. The quantitative estimate of drug-likeness (QED) is 0.185. The van der Waals surface area contributed by atoms with E-state index in [1.165, 1.54) is 24.3 Å². The van der Waals surface area contributed by atoms with Gasteiger partial charge in [-0.25, -0.2) is 0 Å². The molecule has 0 saturated carbocycles. The van der Waals surface area contributed by atoms with E-state index in [0.717, 1.165) is 24.3 Å². The van der Waals surface area contributed by atoms with E-state index in [1.54, 1.807) is 18.2 Å². The molecular weight excluding hydrogens is 494 g/mol. The summed E-state index contributed by atoms with van der Waals surface area (Å²) in [5.41, 5.74) is 0.426. The highest BCUT2D eigenvalue weighted by atomic mass is 35.5. The van der Waals surface area contributed by atoms with Crippen molar-refractivity contribution >= 4 is 17.6 Å². The fraction of sp³-hybridized carbons (Fsp3) is 0.269. The summed E-state index contributed by atoms with van der Waals surface area (Å²) in [5, 5.41) is 9.74. The topological polar surface area (TPSA) is 37.3 Å². The minimum absolute atomic E-state index is 0.314. The minimum atomic E-state index is -4.53. The van der Waals surface area contributed by atoms with Crippen molar-refractivity contribution in [2.24, 2.45) is 0 Å². The van der Waals surface area contributed by atoms with Crippen molar-refractivity contribution in [1.82, 2.24) is 0 Å². The van der Waals surface area contributed by atoms with Gasteiger partial charge in [-0.05, 0) is 71.0 Å². The normalized spacial score (nSPS) is 13.0. The van der Waals surface area contributed by atoms with Crippen LogP contribution in [0.3, 0.4) is 0 Å². The molecule has 186 valence electrons. The maximum atomic E-state index is 13.0. The summed E-state index contributed by atoms with van der Waals surface area (Å²) >= 11 is 5.69. The van der Waals surface area contributed by atoms with Crippen molar-refractivity contribution in [3.63, 3.8) is 0 Å². The second-order valence-corrected chi connectivity index (χ2v) is 8.41. The van der Waals surface area contributed by atoms with E-state index < -0.39 is 35.4 Å². The Balaban J connectivity index is 2.12. The lowest BCUT2D eigenvalue weighted by atomic mass is 9.87. The molecule has 1 atom stereocenters. The van der Waals surface area contributed by atoms with Crippen molar-refractivity contribution in [3.8, 4) is 22.3 Å². The Labute approximate surface area is 203 Å². The Bertz CT molecular complexity index is 1150. The average molecular weight is 515 g/mol. The smallest absolute Gasteiger partial charge is 0.416 e. The number of hydrogen-bond acceptors (Lipinski definition) is 1. The first-order chi connectivity index (χ1) is 16.4. The van der Waals surface area contributed by atoms with Crippen LogP contribution in [-0.4, -0.2) is 17.0 Å². The summed E-state index contributed by atoms with van der Waals surface area (Å²) in [7, 11) is 0. The van der Waals surface area contributed by atoms with Gasteiger partial charge in [-0.2, -0.15) is 26.3 Å². The van der Waals surface area contributed by atoms with Crippen molar-refractivity contribution in [1.29, 1.82) is 0 Å². The maximum Gasteiger partial charge on any atom is 0.416 e. The second kappa shape index (κ2) is 10.7. The van der Waals surface area contributed by atoms with E-state index in [-0.39, 0.29) is 0 Å². The van der Waals surface area contributed by atoms with Gasteiger partial charge in [0.05, 0.1) is 17.0 Å². The average Bonchev–Trinajstić information content (AvgIpc) is 2.80. The van der Waals surface area contributed by atoms with Gasteiger partial charge in [0.15, 0.2) is 0 Å². The van der Waals surface area contributed by atoms with Crippen LogP contribution in [0, 0.1) is 0 Å². The molecule has 0 radical (unpaired) electrons. The number of carboxylic acid groups (broad SMARTS) is 1. The van der Waals surface area contributed by atoms with Crippen molar-refractivity contribution in [2.45, 2.75) is 37.5 Å². The zero-order valence-electron chi connectivity index (χ0n) is 18.3. The molecule has 1 N–H and O–H groups in total. The zero-order chi connectivity index (χ0) is 25.8. The Morgan fingerprint density at radius 3 is 1.66 bits per heavy atom. The Morgan fingerprint density at radius 1 is 0.743 bits per heavy atom. The summed E-state index contributed by atoms with van der Waals surface area (Å²) < 4.78 is 78.1. The highest BCUT2D eigenvalue weighted by molar-refractivity contribution is 6.17. The Hall–Kier alpha value is -3.00. The first-order valence-corrected chi connectivity index (χ1v) is 11.2. The third-order valence-electron chi connectivity index (χ3n) is 5.67. The van der Waals surface area contributed by atoms with Crippen molar-refractivity contribution in [2.75, 3.05) is 5.88 Å².